The third kappa shape index (κ3) is 3.99. The van der Waals surface area contributed by atoms with Gasteiger partial charge in [-0.05, 0) is 31.5 Å². The van der Waals surface area contributed by atoms with Crippen LogP contribution < -0.4 is 10.0 Å². The molecule has 102 valence electrons. The lowest BCUT2D eigenvalue weighted by atomic mass is 10.1. The molecule has 0 heterocycles. The average molecular weight is 270 g/mol. The number of sulfonamides is 1. The number of hydrogen-bond acceptors (Lipinski definition) is 3. The van der Waals surface area contributed by atoms with Crippen molar-refractivity contribution in [1.82, 2.24) is 4.72 Å². The van der Waals surface area contributed by atoms with Crippen molar-refractivity contribution in [3.05, 3.63) is 24.3 Å². The van der Waals surface area contributed by atoms with E-state index in [-0.39, 0.29) is 0 Å². The van der Waals surface area contributed by atoms with Crippen LogP contribution in [0.3, 0.4) is 0 Å². The van der Waals surface area contributed by atoms with Crippen molar-refractivity contribution in [1.29, 1.82) is 0 Å². The Morgan fingerprint density at radius 1 is 1.28 bits per heavy atom. The summed E-state index contributed by atoms with van der Waals surface area (Å²) in [5, 5.41) is 3.22. The third-order valence-electron chi connectivity index (χ3n) is 2.87. The Balaban J connectivity index is 2.84. The average Bonchev–Trinajstić information content (AvgIpc) is 2.37. The summed E-state index contributed by atoms with van der Waals surface area (Å²) in [5.74, 6) is 0.528. The lowest BCUT2D eigenvalue weighted by Gasteiger charge is -2.15. The molecule has 2 N–H and O–H groups in total. The first-order valence-corrected chi connectivity index (χ1v) is 7.76. The number of anilines is 1. The third-order valence-corrected chi connectivity index (χ3v) is 4.34. The molecular formula is C13H22N2O2S. The Hall–Kier alpha value is -1.07. The summed E-state index contributed by atoms with van der Waals surface area (Å²) in [7, 11) is -1.98. The van der Waals surface area contributed by atoms with Crippen molar-refractivity contribution >= 4 is 15.7 Å². The van der Waals surface area contributed by atoms with Gasteiger partial charge in [0.05, 0.1) is 5.69 Å². The number of hydrogen-bond donors (Lipinski definition) is 2. The van der Waals surface area contributed by atoms with Crippen LogP contribution in [0.1, 0.15) is 26.7 Å². The van der Waals surface area contributed by atoms with Gasteiger partial charge in [-0.2, -0.15) is 0 Å². The Bertz CT molecular complexity index is 472. The van der Waals surface area contributed by atoms with Gasteiger partial charge in [0.1, 0.15) is 4.90 Å². The summed E-state index contributed by atoms with van der Waals surface area (Å²) in [6, 6.07) is 6.97. The van der Waals surface area contributed by atoms with Crippen LogP contribution in [-0.2, 0) is 10.0 Å². The molecule has 1 aromatic carbocycles. The molecule has 0 saturated carbocycles. The van der Waals surface area contributed by atoms with Crippen molar-refractivity contribution in [3.63, 3.8) is 0 Å². The molecule has 18 heavy (non-hydrogen) atoms. The first kappa shape index (κ1) is 15.0. The second-order valence-corrected chi connectivity index (χ2v) is 6.33. The fourth-order valence-corrected chi connectivity index (χ4v) is 2.74. The van der Waals surface area contributed by atoms with Gasteiger partial charge in [0, 0.05) is 6.54 Å². The molecule has 4 nitrogen and oxygen atoms in total. The highest BCUT2D eigenvalue weighted by Gasteiger charge is 2.15. The maximum atomic E-state index is 11.8. The molecule has 1 atom stereocenters. The van der Waals surface area contributed by atoms with Crippen LogP contribution >= 0.6 is 0 Å². The van der Waals surface area contributed by atoms with E-state index in [1.807, 2.05) is 6.07 Å². The van der Waals surface area contributed by atoms with E-state index in [1.165, 1.54) is 7.05 Å². The fraction of sp³-hybridized carbons (Fsp3) is 0.538. The zero-order chi connectivity index (χ0) is 13.6. The highest BCUT2D eigenvalue weighted by Crippen LogP contribution is 2.21. The monoisotopic (exact) mass is 270 g/mol. The minimum atomic E-state index is -3.40. The standard InChI is InChI=1S/C13H22N2O2S/c1-4-7-11(2)10-15-12-8-5-6-9-13(12)18(16,17)14-3/h5-6,8-9,11,14-15H,4,7,10H2,1-3H3. The maximum absolute atomic E-state index is 11.8. The normalized spacial score (nSPS) is 13.3. The SMILES string of the molecule is CCCC(C)CNc1ccccc1S(=O)(=O)NC. The summed E-state index contributed by atoms with van der Waals surface area (Å²) < 4.78 is 26.0. The molecular weight excluding hydrogens is 248 g/mol. The summed E-state index contributed by atoms with van der Waals surface area (Å²) >= 11 is 0. The first-order valence-electron chi connectivity index (χ1n) is 6.27. The summed E-state index contributed by atoms with van der Waals surface area (Å²) in [4.78, 5) is 0.302. The summed E-state index contributed by atoms with van der Waals surface area (Å²) in [5.41, 5.74) is 0.662. The number of rotatable bonds is 7. The van der Waals surface area contributed by atoms with E-state index < -0.39 is 10.0 Å². The topological polar surface area (TPSA) is 58.2 Å². The van der Waals surface area contributed by atoms with Gasteiger partial charge < -0.3 is 5.32 Å². The Labute approximate surface area is 110 Å². The molecule has 0 fully saturated rings. The largest absolute Gasteiger partial charge is 0.384 e. The van der Waals surface area contributed by atoms with Crippen LogP contribution in [-0.4, -0.2) is 22.0 Å². The zero-order valence-corrected chi connectivity index (χ0v) is 12.0. The number of benzene rings is 1. The highest BCUT2D eigenvalue weighted by molar-refractivity contribution is 7.89. The van der Waals surface area contributed by atoms with E-state index in [1.54, 1.807) is 18.2 Å². The molecule has 0 aromatic heterocycles. The second-order valence-electron chi connectivity index (χ2n) is 4.48. The van der Waals surface area contributed by atoms with Gasteiger partial charge in [0.2, 0.25) is 10.0 Å². The summed E-state index contributed by atoms with van der Waals surface area (Å²) in [6.07, 6.45) is 2.27. The number of nitrogens with one attached hydrogen (secondary N) is 2. The van der Waals surface area contributed by atoms with E-state index in [0.717, 1.165) is 19.4 Å². The minimum absolute atomic E-state index is 0.302. The van der Waals surface area contributed by atoms with E-state index in [9.17, 15) is 8.42 Å². The van der Waals surface area contributed by atoms with Crippen LogP contribution in [0.25, 0.3) is 0 Å². The molecule has 0 aliphatic carbocycles. The van der Waals surface area contributed by atoms with Gasteiger partial charge >= 0.3 is 0 Å². The van der Waals surface area contributed by atoms with Crippen LogP contribution in [0.4, 0.5) is 5.69 Å². The zero-order valence-electron chi connectivity index (χ0n) is 11.2. The van der Waals surface area contributed by atoms with E-state index in [0.29, 0.717) is 16.5 Å². The van der Waals surface area contributed by atoms with Crippen molar-refractivity contribution in [2.75, 3.05) is 18.9 Å². The van der Waals surface area contributed by atoms with Crippen LogP contribution in [0, 0.1) is 5.92 Å². The minimum Gasteiger partial charge on any atom is -0.384 e. The van der Waals surface area contributed by atoms with Gasteiger partial charge in [-0.3, -0.25) is 0 Å². The van der Waals surface area contributed by atoms with Gasteiger partial charge in [-0.25, -0.2) is 13.1 Å². The lowest BCUT2D eigenvalue weighted by molar-refractivity contribution is 0.550. The van der Waals surface area contributed by atoms with Gasteiger partial charge in [0.25, 0.3) is 0 Å². The lowest BCUT2D eigenvalue weighted by Crippen LogP contribution is -2.21. The predicted molar refractivity (Wildman–Crippen MR) is 75.2 cm³/mol. The molecule has 0 spiro atoms. The van der Waals surface area contributed by atoms with Gasteiger partial charge in [0.15, 0.2) is 0 Å². The predicted octanol–water partition coefficient (Wildman–Crippen LogP) is 2.44. The van der Waals surface area contributed by atoms with E-state index >= 15 is 0 Å². The molecule has 0 bridgehead atoms. The molecule has 1 rings (SSSR count). The second kappa shape index (κ2) is 6.75. The van der Waals surface area contributed by atoms with Crippen molar-refractivity contribution in [2.45, 2.75) is 31.6 Å². The molecule has 0 radical (unpaired) electrons. The van der Waals surface area contributed by atoms with Crippen molar-refractivity contribution in [3.8, 4) is 0 Å². The van der Waals surface area contributed by atoms with Gasteiger partial charge in [-0.15, -0.1) is 0 Å². The van der Waals surface area contributed by atoms with E-state index in [2.05, 4.69) is 23.9 Å². The molecule has 0 aliphatic rings. The van der Waals surface area contributed by atoms with Crippen LogP contribution in [0.15, 0.2) is 29.2 Å². The fourth-order valence-electron chi connectivity index (χ4n) is 1.84. The molecule has 0 aliphatic heterocycles. The molecule has 0 amide bonds. The molecule has 1 aromatic rings. The van der Waals surface area contributed by atoms with Crippen molar-refractivity contribution in [2.24, 2.45) is 5.92 Å². The van der Waals surface area contributed by atoms with Gasteiger partial charge in [-0.1, -0.05) is 32.4 Å². The quantitative estimate of drug-likeness (QED) is 0.800. The Morgan fingerprint density at radius 2 is 1.94 bits per heavy atom. The van der Waals surface area contributed by atoms with Crippen LogP contribution in [0.2, 0.25) is 0 Å². The molecule has 0 saturated heterocycles. The summed E-state index contributed by atoms with van der Waals surface area (Å²) in [6.45, 7) is 5.09. The highest BCUT2D eigenvalue weighted by atomic mass is 32.2. The maximum Gasteiger partial charge on any atom is 0.242 e. The Kier molecular flexibility index (Phi) is 5.62. The molecule has 1 unspecified atom stereocenters. The van der Waals surface area contributed by atoms with E-state index in [4.69, 9.17) is 0 Å². The number of para-hydroxylation sites is 1. The smallest absolute Gasteiger partial charge is 0.242 e. The Morgan fingerprint density at radius 3 is 2.56 bits per heavy atom. The first-order chi connectivity index (χ1) is 8.51. The van der Waals surface area contributed by atoms with Crippen molar-refractivity contribution < 1.29 is 8.42 Å². The molecule has 5 heteroatoms. The van der Waals surface area contributed by atoms with Crippen LogP contribution in [0.5, 0.6) is 0 Å².